The maximum atomic E-state index is 12.3. The summed E-state index contributed by atoms with van der Waals surface area (Å²) in [7, 11) is 0. The average molecular weight is 324 g/mol. The molecule has 1 saturated carbocycles. The number of aliphatic hydroxyl groups excluding tert-OH is 1. The van der Waals surface area contributed by atoms with Crippen molar-refractivity contribution in [2.45, 2.75) is 38.7 Å². The zero-order valence-corrected chi connectivity index (χ0v) is 12.5. The quantitative estimate of drug-likeness (QED) is 0.749. The van der Waals surface area contributed by atoms with E-state index in [1.807, 2.05) is 6.92 Å². The molecule has 1 aliphatic carbocycles. The molecule has 0 aromatic rings. The normalized spacial score (nSPS) is 34.3. The van der Waals surface area contributed by atoms with Gasteiger partial charge in [-0.1, -0.05) is 6.92 Å². The van der Waals surface area contributed by atoms with Crippen molar-refractivity contribution in [3.63, 3.8) is 0 Å². The van der Waals surface area contributed by atoms with Crippen LogP contribution in [-0.4, -0.2) is 29.9 Å². The molecule has 1 heterocycles. The van der Waals surface area contributed by atoms with Crippen molar-refractivity contribution in [2.24, 2.45) is 22.9 Å². The molecule has 2 N–H and O–H groups in total. The van der Waals surface area contributed by atoms with Gasteiger partial charge in [-0.05, 0) is 31.1 Å². The number of alkyl halides is 3. The molecule has 0 aromatic heterocycles. The monoisotopic (exact) mass is 324 g/mol. The fourth-order valence-corrected chi connectivity index (χ4v) is 4.65. The van der Waals surface area contributed by atoms with Crippen molar-refractivity contribution < 1.29 is 23.0 Å². The molecule has 0 radical (unpaired) electrons. The molecule has 1 aliphatic heterocycles. The van der Waals surface area contributed by atoms with Gasteiger partial charge in [-0.25, -0.2) is 5.53 Å². The van der Waals surface area contributed by atoms with E-state index in [2.05, 4.69) is 9.85 Å². The van der Waals surface area contributed by atoms with E-state index in [0.717, 1.165) is 4.91 Å². The van der Waals surface area contributed by atoms with Crippen LogP contribution in [0.5, 0.6) is 0 Å². The van der Waals surface area contributed by atoms with Crippen molar-refractivity contribution in [1.82, 2.24) is 0 Å². The average Bonchev–Trinajstić information content (AvgIpc) is 2.70. The highest BCUT2D eigenvalue weighted by molar-refractivity contribution is 8.03. The fourth-order valence-electron chi connectivity index (χ4n) is 3.12. The number of allylic oxidation sites excluding steroid dienone is 1. The van der Waals surface area contributed by atoms with Gasteiger partial charge in [0.05, 0.1) is 12.6 Å². The number of halogens is 3. The van der Waals surface area contributed by atoms with E-state index in [9.17, 15) is 18.3 Å². The Kier molecular flexibility index (Phi) is 5.19. The number of thioether (sulfide) groups is 1. The van der Waals surface area contributed by atoms with E-state index >= 15 is 0 Å². The Balaban J connectivity index is 1.99. The van der Waals surface area contributed by atoms with Gasteiger partial charge in [0.15, 0.2) is 0 Å². The Hall–Kier alpha value is -0.760. The van der Waals surface area contributed by atoms with Crippen LogP contribution in [0.2, 0.25) is 0 Å². The Morgan fingerprint density at radius 2 is 2.14 bits per heavy atom. The molecule has 2 rings (SSSR count). The Labute approximate surface area is 125 Å². The summed E-state index contributed by atoms with van der Waals surface area (Å²) in [6.07, 6.45) is -4.10. The molecule has 0 amide bonds. The molecule has 0 saturated heterocycles. The van der Waals surface area contributed by atoms with Gasteiger partial charge in [0.2, 0.25) is 0 Å². The van der Waals surface area contributed by atoms with Crippen LogP contribution in [0, 0.1) is 23.3 Å². The Morgan fingerprint density at radius 3 is 2.71 bits per heavy atom. The molecule has 1 fully saturated rings. The highest BCUT2D eigenvalue weighted by Gasteiger charge is 2.40. The first-order valence-electron chi connectivity index (χ1n) is 6.95. The summed E-state index contributed by atoms with van der Waals surface area (Å²) in [4.78, 5) is 0.876. The summed E-state index contributed by atoms with van der Waals surface area (Å²) in [5.74, 6) is 0.957. The minimum absolute atomic E-state index is 0.0300. The highest BCUT2D eigenvalue weighted by atomic mass is 32.2. The van der Waals surface area contributed by atoms with Gasteiger partial charge < -0.3 is 5.11 Å². The maximum Gasteiger partial charge on any atom is 0.522 e. The maximum absolute atomic E-state index is 12.3. The Bertz CT molecular complexity index is 428. The van der Waals surface area contributed by atoms with Crippen LogP contribution in [0.1, 0.15) is 26.2 Å². The summed E-state index contributed by atoms with van der Waals surface area (Å²) >= 11 is 1.55. The van der Waals surface area contributed by atoms with E-state index in [1.165, 1.54) is 0 Å². The molecule has 8 heteroatoms. The third-order valence-corrected chi connectivity index (χ3v) is 5.54. The predicted octanol–water partition coefficient (Wildman–Crippen LogP) is 4.49. The van der Waals surface area contributed by atoms with Crippen LogP contribution in [0.15, 0.2) is 15.8 Å². The minimum atomic E-state index is -4.58. The molecule has 4 atom stereocenters. The topological polar surface area (TPSA) is 65.7 Å². The summed E-state index contributed by atoms with van der Waals surface area (Å²) < 4.78 is 40.9. The number of ether oxygens (including phenoxy) is 1. The first kappa shape index (κ1) is 16.6. The van der Waals surface area contributed by atoms with Crippen LogP contribution in [0.25, 0.3) is 0 Å². The number of aliphatic hydroxyl groups is 1. The first-order valence-corrected chi connectivity index (χ1v) is 7.94. The number of nitrogens with one attached hydrogen (secondary N) is 1. The minimum Gasteiger partial charge on any atom is -0.511 e. The van der Waals surface area contributed by atoms with E-state index in [4.69, 9.17) is 5.53 Å². The second kappa shape index (κ2) is 6.56. The fraction of sp³-hybridized carbons (Fsp3) is 0.846. The lowest BCUT2D eigenvalue weighted by Gasteiger charge is -2.34. The summed E-state index contributed by atoms with van der Waals surface area (Å²) in [5, 5.41) is 13.5. The van der Waals surface area contributed by atoms with Gasteiger partial charge in [0.25, 0.3) is 0 Å². The lowest BCUT2D eigenvalue weighted by molar-refractivity contribution is -0.346. The molecular weight excluding hydrogens is 305 g/mol. The molecule has 4 nitrogen and oxygen atoms in total. The van der Waals surface area contributed by atoms with Gasteiger partial charge in [0.1, 0.15) is 5.76 Å². The summed E-state index contributed by atoms with van der Waals surface area (Å²) in [5.41, 5.74) is 6.88. The van der Waals surface area contributed by atoms with Crippen LogP contribution in [0.3, 0.4) is 0 Å². The van der Waals surface area contributed by atoms with Crippen molar-refractivity contribution >= 4 is 11.8 Å². The van der Waals surface area contributed by atoms with Crippen LogP contribution in [0.4, 0.5) is 13.2 Å². The zero-order chi connectivity index (χ0) is 15.6. The van der Waals surface area contributed by atoms with E-state index in [1.54, 1.807) is 11.8 Å². The summed E-state index contributed by atoms with van der Waals surface area (Å²) in [6.45, 7) is 2.17. The van der Waals surface area contributed by atoms with Gasteiger partial charge in [-0.2, -0.15) is 5.11 Å². The van der Waals surface area contributed by atoms with E-state index in [-0.39, 0.29) is 30.1 Å². The van der Waals surface area contributed by atoms with Crippen LogP contribution >= 0.6 is 11.8 Å². The number of hydrogen-bond acceptors (Lipinski definition) is 5. The van der Waals surface area contributed by atoms with Crippen LogP contribution < -0.4 is 0 Å². The van der Waals surface area contributed by atoms with Gasteiger partial charge in [0, 0.05) is 16.6 Å². The standard InChI is InChI=1S/C13H19F3N2O2S/c1-7-4-9(20-13(14,15)16)2-3-10(7)12-11(19)8(5-18-17)6-21-12/h7-10,17,19H,2-6H2,1H3/t7?,8?,9?,10-/m1/s1. The molecule has 3 unspecified atom stereocenters. The SMILES string of the molecule is CC1CC(OC(F)(F)F)CC[C@H]1C1=C(O)C(CN=N)CS1. The molecule has 0 spiro atoms. The number of hydrogen-bond donors (Lipinski definition) is 2. The molecule has 0 aromatic carbocycles. The number of nitrogens with zero attached hydrogens (tertiary/aromatic N) is 1. The van der Waals surface area contributed by atoms with E-state index in [0.29, 0.717) is 25.0 Å². The molecule has 2 aliphatic rings. The third kappa shape index (κ3) is 4.12. The number of rotatable bonds is 4. The summed E-state index contributed by atoms with van der Waals surface area (Å²) in [6, 6.07) is 0. The first-order chi connectivity index (χ1) is 9.81. The molecule has 120 valence electrons. The molecular formula is C13H19F3N2O2S. The van der Waals surface area contributed by atoms with E-state index < -0.39 is 12.5 Å². The van der Waals surface area contributed by atoms with Crippen molar-refractivity contribution in [2.75, 3.05) is 12.3 Å². The predicted molar refractivity (Wildman–Crippen MR) is 73.1 cm³/mol. The second-order valence-electron chi connectivity index (χ2n) is 5.68. The smallest absolute Gasteiger partial charge is 0.511 e. The second-order valence-corrected chi connectivity index (χ2v) is 6.74. The third-order valence-electron chi connectivity index (χ3n) is 4.15. The highest BCUT2D eigenvalue weighted by Crippen LogP contribution is 2.47. The molecule has 21 heavy (non-hydrogen) atoms. The van der Waals surface area contributed by atoms with Crippen molar-refractivity contribution in [3.05, 3.63) is 10.7 Å². The lowest BCUT2D eigenvalue weighted by atomic mass is 9.78. The van der Waals surface area contributed by atoms with Crippen molar-refractivity contribution in [3.8, 4) is 0 Å². The Morgan fingerprint density at radius 1 is 1.43 bits per heavy atom. The lowest BCUT2D eigenvalue weighted by Crippen LogP contribution is -2.32. The largest absolute Gasteiger partial charge is 0.522 e. The molecule has 0 bridgehead atoms. The van der Waals surface area contributed by atoms with Gasteiger partial charge >= 0.3 is 6.36 Å². The van der Waals surface area contributed by atoms with Crippen LogP contribution in [-0.2, 0) is 4.74 Å². The van der Waals surface area contributed by atoms with Gasteiger partial charge in [-0.15, -0.1) is 24.9 Å². The van der Waals surface area contributed by atoms with Gasteiger partial charge in [-0.3, -0.25) is 4.74 Å². The zero-order valence-electron chi connectivity index (χ0n) is 11.7. The van der Waals surface area contributed by atoms with Crippen molar-refractivity contribution in [1.29, 1.82) is 5.53 Å².